The maximum absolute atomic E-state index is 3.78. The van der Waals surface area contributed by atoms with Crippen molar-refractivity contribution in [3.05, 3.63) is 36.0 Å². The average molecular weight is 312 g/mol. The molecule has 0 spiro atoms. The number of rotatable bonds is 3. The van der Waals surface area contributed by atoms with Crippen molar-refractivity contribution < 1.29 is 0 Å². The Bertz CT molecular complexity index is 634. The van der Waals surface area contributed by atoms with Crippen molar-refractivity contribution in [1.29, 1.82) is 0 Å². The van der Waals surface area contributed by atoms with Crippen LogP contribution in [0.2, 0.25) is 0 Å². The van der Waals surface area contributed by atoms with Crippen LogP contribution in [0, 0.1) is 0 Å². The zero-order valence-electron chi connectivity index (χ0n) is 14.1. The molecule has 4 rings (SSSR count). The van der Waals surface area contributed by atoms with Gasteiger partial charge in [0, 0.05) is 36.2 Å². The van der Waals surface area contributed by atoms with Crippen LogP contribution in [0.3, 0.4) is 0 Å². The molecule has 124 valence electrons. The number of hydrogen-bond donors (Lipinski definition) is 2. The fourth-order valence-corrected chi connectivity index (χ4v) is 4.15. The van der Waals surface area contributed by atoms with E-state index in [0.717, 1.165) is 13.1 Å². The molecule has 2 aromatic rings. The Labute approximate surface area is 138 Å². The lowest BCUT2D eigenvalue weighted by Crippen LogP contribution is -2.51. The monoisotopic (exact) mass is 312 g/mol. The van der Waals surface area contributed by atoms with Crippen LogP contribution >= 0.6 is 0 Å². The van der Waals surface area contributed by atoms with Gasteiger partial charge in [0.2, 0.25) is 0 Å². The van der Waals surface area contributed by atoms with E-state index in [1.807, 2.05) is 0 Å². The van der Waals surface area contributed by atoms with Crippen LogP contribution in [-0.4, -0.2) is 54.2 Å². The molecule has 1 aromatic carbocycles. The molecule has 0 amide bonds. The lowest BCUT2D eigenvalue weighted by Gasteiger charge is -2.37. The number of aromatic nitrogens is 1. The molecule has 4 heteroatoms. The molecule has 0 aliphatic carbocycles. The molecule has 2 N–H and O–H groups in total. The topological polar surface area (TPSA) is 34.3 Å². The van der Waals surface area contributed by atoms with Crippen LogP contribution in [-0.2, 0) is 0 Å². The van der Waals surface area contributed by atoms with Gasteiger partial charge >= 0.3 is 0 Å². The number of nitrogens with zero attached hydrogens (tertiary/aromatic N) is 2. The Hall–Kier alpha value is -1.36. The molecule has 2 fully saturated rings. The van der Waals surface area contributed by atoms with Gasteiger partial charge in [0.15, 0.2) is 0 Å². The molecule has 23 heavy (non-hydrogen) atoms. The SMILES string of the molecule is CN1CCC(NN2CCC(c3c[nH]c4ccccc34)CC2)CC1. The maximum Gasteiger partial charge on any atom is 0.0456 e. The first-order valence-electron chi connectivity index (χ1n) is 9.05. The van der Waals surface area contributed by atoms with Crippen LogP contribution in [0.25, 0.3) is 10.9 Å². The van der Waals surface area contributed by atoms with Crippen molar-refractivity contribution in [1.82, 2.24) is 20.3 Å². The summed E-state index contributed by atoms with van der Waals surface area (Å²) in [5.41, 5.74) is 6.57. The van der Waals surface area contributed by atoms with Crippen molar-refractivity contribution >= 4 is 10.9 Å². The van der Waals surface area contributed by atoms with Crippen molar-refractivity contribution in [3.63, 3.8) is 0 Å². The number of hydrogen-bond acceptors (Lipinski definition) is 3. The number of likely N-dealkylation sites (tertiary alicyclic amines) is 1. The minimum atomic E-state index is 0.677. The molecule has 4 nitrogen and oxygen atoms in total. The van der Waals surface area contributed by atoms with Gasteiger partial charge in [-0.3, -0.25) is 5.43 Å². The second-order valence-corrected chi connectivity index (χ2v) is 7.26. The summed E-state index contributed by atoms with van der Waals surface area (Å²) in [5, 5.41) is 3.88. The van der Waals surface area contributed by atoms with E-state index < -0.39 is 0 Å². The summed E-state index contributed by atoms with van der Waals surface area (Å²) in [6.07, 6.45) is 7.29. The zero-order valence-corrected chi connectivity index (χ0v) is 14.1. The van der Waals surface area contributed by atoms with E-state index in [1.165, 1.54) is 55.2 Å². The van der Waals surface area contributed by atoms with Crippen molar-refractivity contribution in [2.75, 3.05) is 33.2 Å². The smallest absolute Gasteiger partial charge is 0.0456 e. The van der Waals surface area contributed by atoms with E-state index >= 15 is 0 Å². The largest absolute Gasteiger partial charge is 0.361 e. The molecule has 0 bridgehead atoms. The van der Waals surface area contributed by atoms with E-state index in [0.29, 0.717) is 12.0 Å². The third-order valence-corrected chi connectivity index (χ3v) is 5.64. The van der Waals surface area contributed by atoms with E-state index in [4.69, 9.17) is 0 Å². The van der Waals surface area contributed by atoms with Crippen molar-refractivity contribution in [2.24, 2.45) is 0 Å². The average Bonchev–Trinajstić information content (AvgIpc) is 3.02. The first-order chi connectivity index (χ1) is 11.3. The molecule has 1 aromatic heterocycles. The summed E-state index contributed by atoms with van der Waals surface area (Å²) < 4.78 is 0. The van der Waals surface area contributed by atoms with E-state index in [2.05, 4.69) is 57.8 Å². The fourth-order valence-electron chi connectivity index (χ4n) is 4.15. The third-order valence-electron chi connectivity index (χ3n) is 5.64. The minimum Gasteiger partial charge on any atom is -0.361 e. The fraction of sp³-hybridized carbons (Fsp3) is 0.579. The highest BCUT2D eigenvalue weighted by atomic mass is 15.5. The lowest BCUT2D eigenvalue weighted by atomic mass is 9.89. The number of para-hydroxylation sites is 1. The Morgan fingerprint density at radius 3 is 2.52 bits per heavy atom. The second kappa shape index (κ2) is 6.63. The summed E-state index contributed by atoms with van der Waals surface area (Å²) in [7, 11) is 2.23. The molecule has 2 aliphatic rings. The zero-order chi connectivity index (χ0) is 15.6. The van der Waals surface area contributed by atoms with Gasteiger partial charge in [-0.25, -0.2) is 5.01 Å². The normalized spacial score (nSPS) is 22.8. The number of fused-ring (bicyclic) bond motifs is 1. The quantitative estimate of drug-likeness (QED) is 0.914. The predicted octanol–water partition coefficient (Wildman–Crippen LogP) is 2.95. The second-order valence-electron chi connectivity index (χ2n) is 7.26. The van der Waals surface area contributed by atoms with Gasteiger partial charge in [-0.2, -0.15) is 0 Å². The number of aromatic amines is 1. The first kappa shape index (κ1) is 15.2. The molecule has 0 unspecified atom stereocenters. The highest BCUT2D eigenvalue weighted by Crippen LogP contribution is 2.32. The van der Waals surface area contributed by atoms with Gasteiger partial charge < -0.3 is 9.88 Å². The van der Waals surface area contributed by atoms with Crippen LogP contribution in [0.1, 0.15) is 37.2 Å². The molecule has 2 aliphatic heterocycles. The molecular weight excluding hydrogens is 284 g/mol. The summed E-state index contributed by atoms with van der Waals surface area (Å²) >= 11 is 0. The highest BCUT2D eigenvalue weighted by molar-refractivity contribution is 5.83. The Balaban J connectivity index is 1.34. The summed E-state index contributed by atoms with van der Waals surface area (Å²) in [6.45, 7) is 4.78. The van der Waals surface area contributed by atoms with Gasteiger partial charge in [0.25, 0.3) is 0 Å². The third kappa shape index (κ3) is 3.30. The summed E-state index contributed by atoms with van der Waals surface area (Å²) in [5.74, 6) is 0.696. The molecule has 2 saturated heterocycles. The standard InChI is InChI=1S/C19H28N4/c1-22-10-8-16(9-11-22)21-23-12-6-15(7-13-23)18-14-20-19-5-3-2-4-17(18)19/h2-5,14-16,20-21H,6-13H2,1H3. The van der Waals surface area contributed by atoms with Crippen molar-refractivity contribution in [3.8, 4) is 0 Å². The summed E-state index contributed by atoms with van der Waals surface area (Å²) in [6, 6.07) is 9.36. The van der Waals surface area contributed by atoms with E-state index in [9.17, 15) is 0 Å². The van der Waals surface area contributed by atoms with Crippen LogP contribution in [0.4, 0.5) is 0 Å². The van der Waals surface area contributed by atoms with E-state index in [1.54, 1.807) is 0 Å². The molecular formula is C19H28N4. The van der Waals surface area contributed by atoms with Gasteiger partial charge in [-0.1, -0.05) is 18.2 Å². The lowest BCUT2D eigenvalue weighted by molar-refractivity contribution is 0.0936. The Kier molecular flexibility index (Phi) is 4.38. The van der Waals surface area contributed by atoms with Gasteiger partial charge in [0.05, 0.1) is 0 Å². The first-order valence-corrected chi connectivity index (χ1v) is 9.05. The number of H-pyrrole nitrogens is 1. The Morgan fingerprint density at radius 1 is 1.00 bits per heavy atom. The van der Waals surface area contributed by atoms with Gasteiger partial charge in [-0.15, -0.1) is 0 Å². The van der Waals surface area contributed by atoms with Crippen LogP contribution in [0.5, 0.6) is 0 Å². The van der Waals surface area contributed by atoms with Crippen LogP contribution < -0.4 is 5.43 Å². The molecule has 0 radical (unpaired) electrons. The summed E-state index contributed by atoms with van der Waals surface area (Å²) in [4.78, 5) is 5.86. The number of nitrogens with one attached hydrogen (secondary N) is 2. The van der Waals surface area contributed by atoms with Gasteiger partial charge in [-0.05, 0) is 63.4 Å². The molecule has 3 heterocycles. The number of hydrazine groups is 1. The minimum absolute atomic E-state index is 0.677. The van der Waals surface area contributed by atoms with E-state index in [-0.39, 0.29) is 0 Å². The number of piperidine rings is 2. The molecule has 0 saturated carbocycles. The highest BCUT2D eigenvalue weighted by Gasteiger charge is 2.25. The number of benzene rings is 1. The molecule has 0 atom stereocenters. The predicted molar refractivity (Wildman–Crippen MR) is 95.5 cm³/mol. The van der Waals surface area contributed by atoms with Crippen LogP contribution in [0.15, 0.2) is 30.5 Å². The van der Waals surface area contributed by atoms with Crippen molar-refractivity contribution in [2.45, 2.75) is 37.6 Å². The maximum atomic E-state index is 3.78. The van der Waals surface area contributed by atoms with Gasteiger partial charge in [0.1, 0.15) is 0 Å². The Morgan fingerprint density at radius 2 is 1.74 bits per heavy atom.